The van der Waals surface area contributed by atoms with Gasteiger partial charge in [-0.15, -0.1) is 0 Å². The first-order chi connectivity index (χ1) is 10.1. The molecule has 0 bridgehead atoms. The summed E-state index contributed by atoms with van der Waals surface area (Å²) >= 11 is 0. The zero-order valence-electron chi connectivity index (χ0n) is 12.3. The van der Waals surface area contributed by atoms with Crippen LogP contribution in [-0.4, -0.2) is 51.2 Å². The molecule has 0 atom stereocenters. The molecule has 0 unspecified atom stereocenters. The summed E-state index contributed by atoms with van der Waals surface area (Å²) in [6.45, 7) is 3.41. The van der Waals surface area contributed by atoms with Gasteiger partial charge in [-0.2, -0.15) is 0 Å². The van der Waals surface area contributed by atoms with Gasteiger partial charge in [0.1, 0.15) is 0 Å². The molecule has 1 aliphatic rings. The fourth-order valence-corrected chi connectivity index (χ4v) is 3.59. The van der Waals surface area contributed by atoms with E-state index in [-0.39, 0.29) is 11.5 Å². The highest BCUT2D eigenvalue weighted by Gasteiger charge is 2.15. The van der Waals surface area contributed by atoms with Gasteiger partial charge in [-0.1, -0.05) is 18.6 Å². The number of nitrogens with one attached hydrogen (secondary N) is 1. The second-order valence-electron chi connectivity index (χ2n) is 5.42. The van der Waals surface area contributed by atoms with Crippen LogP contribution < -0.4 is 4.72 Å². The smallest absolute Gasteiger partial charge is 0.240 e. The third kappa shape index (κ3) is 5.07. The number of sulfonamides is 1. The van der Waals surface area contributed by atoms with Crippen LogP contribution in [0, 0.1) is 0 Å². The SMILES string of the molecule is O=S(=O)(NCCN1CCCCC1)c1ccc(CCO)cc1. The standard InChI is InChI=1S/C15H24N2O3S/c18-13-8-14-4-6-15(7-5-14)21(19,20)16-9-12-17-10-2-1-3-11-17/h4-7,16,18H,1-3,8-13H2. The van der Waals surface area contributed by atoms with Crippen molar-refractivity contribution < 1.29 is 13.5 Å². The van der Waals surface area contributed by atoms with Crippen LogP contribution >= 0.6 is 0 Å². The largest absolute Gasteiger partial charge is 0.396 e. The molecular formula is C15H24N2O3S. The summed E-state index contributed by atoms with van der Waals surface area (Å²) in [7, 11) is -3.43. The van der Waals surface area contributed by atoms with E-state index >= 15 is 0 Å². The van der Waals surface area contributed by atoms with Gasteiger partial charge in [0.15, 0.2) is 0 Å². The molecule has 1 aliphatic heterocycles. The van der Waals surface area contributed by atoms with Gasteiger partial charge in [0.2, 0.25) is 10.0 Å². The van der Waals surface area contributed by atoms with Crippen LogP contribution in [0.15, 0.2) is 29.2 Å². The van der Waals surface area contributed by atoms with Crippen molar-refractivity contribution in [1.82, 2.24) is 9.62 Å². The lowest BCUT2D eigenvalue weighted by Gasteiger charge is -2.26. The van der Waals surface area contributed by atoms with E-state index in [4.69, 9.17) is 5.11 Å². The first kappa shape index (κ1) is 16.4. The van der Waals surface area contributed by atoms with E-state index in [9.17, 15) is 8.42 Å². The maximum Gasteiger partial charge on any atom is 0.240 e. The van der Waals surface area contributed by atoms with E-state index in [2.05, 4.69) is 9.62 Å². The molecule has 0 aliphatic carbocycles. The zero-order chi connectivity index (χ0) is 15.1. The molecule has 0 aromatic heterocycles. The number of hydrogen-bond donors (Lipinski definition) is 2. The van der Waals surface area contributed by atoms with Gasteiger partial charge in [-0.3, -0.25) is 0 Å². The summed E-state index contributed by atoms with van der Waals surface area (Å²) in [6, 6.07) is 6.67. The van der Waals surface area contributed by atoms with E-state index in [1.807, 2.05) is 0 Å². The topological polar surface area (TPSA) is 69.6 Å². The van der Waals surface area contributed by atoms with Gasteiger partial charge in [0.05, 0.1) is 4.90 Å². The van der Waals surface area contributed by atoms with Crippen LogP contribution in [-0.2, 0) is 16.4 Å². The first-order valence-corrected chi connectivity index (χ1v) is 9.02. The zero-order valence-corrected chi connectivity index (χ0v) is 13.1. The molecule has 1 aromatic carbocycles. The van der Waals surface area contributed by atoms with Crippen LogP contribution in [0.1, 0.15) is 24.8 Å². The van der Waals surface area contributed by atoms with Crippen molar-refractivity contribution in [3.05, 3.63) is 29.8 Å². The van der Waals surface area contributed by atoms with Crippen molar-refractivity contribution in [2.24, 2.45) is 0 Å². The highest BCUT2D eigenvalue weighted by molar-refractivity contribution is 7.89. The van der Waals surface area contributed by atoms with E-state index in [0.717, 1.165) is 25.2 Å². The van der Waals surface area contributed by atoms with Crippen molar-refractivity contribution in [3.63, 3.8) is 0 Å². The molecule has 0 spiro atoms. The third-order valence-electron chi connectivity index (χ3n) is 3.80. The minimum atomic E-state index is -3.43. The predicted octanol–water partition coefficient (Wildman–Crippen LogP) is 0.986. The number of likely N-dealkylation sites (tertiary alicyclic amines) is 1. The van der Waals surface area contributed by atoms with Gasteiger partial charge >= 0.3 is 0 Å². The van der Waals surface area contributed by atoms with E-state index in [0.29, 0.717) is 13.0 Å². The minimum Gasteiger partial charge on any atom is -0.396 e. The molecule has 1 heterocycles. The van der Waals surface area contributed by atoms with Crippen LogP contribution in [0.4, 0.5) is 0 Å². The quantitative estimate of drug-likeness (QED) is 0.788. The lowest BCUT2D eigenvalue weighted by Crippen LogP contribution is -2.37. The molecule has 0 radical (unpaired) electrons. The van der Waals surface area contributed by atoms with Crippen molar-refractivity contribution >= 4 is 10.0 Å². The van der Waals surface area contributed by atoms with Crippen LogP contribution in [0.25, 0.3) is 0 Å². The summed E-state index contributed by atoms with van der Waals surface area (Å²) < 4.78 is 27.0. The Labute approximate surface area is 127 Å². The Morgan fingerprint density at radius 3 is 2.38 bits per heavy atom. The molecule has 118 valence electrons. The van der Waals surface area contributed by atoms with E-state index in [1.165, 1.54) is 19.3 Å². The maximum atomic E-state index is 12.2. The monoisotopic (exact) mass is 312 g/mol. The normalized spacial score (nSPS) is 17.0. The molecule has 0 amide bonds. The number of rotatable bonds is 7. The van der Waals surface area contributed by atoms with Crippen LogP contribution in [0.5, 0.6) is 0 Å². The van der Waals surface area contributed by atoms with Gasteiger partial charge in [0, 0.05) is 19.7 Å². The van der Waals surface area contributed by atoms with Crippen molar-refractivity contribution in [2.75, 3.05) is 32.8 Å². The highest BCUT2D eigenvalue weighted by Crippen LogP contribution is 2.11. The third-order valence-corrected chi connectivity index (χ3v) is 5.28. The molecule has 2 rings (SSSR count). The Bertz CT molecular complexity index is 522. The van der Waals surface area contributed by atoms with Gasteiger partial charge in [-0.05, 0) is 50.0 Å². The van der Waals surface area contributed by atoms with Gasteiger partial charge < -0.3 is 10.0 Å². The molecule has 1 saturated heterocycles. The van der Waals surface area contributed by atoms with Crippen LogP contribution in [0.2, 0.25) is 0 Å². The average Bonchev–Trinajstić information content (AvgIpc) is 2.49. The molecule has 1 fully saturated rings. The summed E-state index contributed by atoms with van der Waals surface area (Å²) in [5.74, 6) is 0. The molecule has 21 heavy (non-hydrogen) atoms. The number of aliphatic hydroxyl groups is 1. The Morgan fingerprint density at radius 2 is 1.76 bits per heavy atom. The van der Waals surface area contributed by atoms with Crippen molar-refractivity contribution in [3.8, 4) is 0 Å². The highest BCUT2D eigenvalue weighted by atomic mass is 32.2. The summed E-state index contributed by atoms with van der Waals surface area (Å²) in [4.78, 5) is 2.58. The lowest BCUT2D eigenvalue weighted by atomic mass is 10.1. The summed E-state index contributed by atoms with van der Waals surface area (Å²) in [5, 5.41) is 8.85. The molecule has 5 nitrogen and oxygen atoms in total. The number of hydrogen-bond acceptors (Lipinski definition) is 4. The number of nitrogens with zero attached hydrogens (tertiary/aromatic N) is 1. The Morgan fingerprint density at radius 1 is 1.10 bits per heavy atom. The van der Waals surface area contributed by atoms with Gasteiger partial charge in [0.25, 0.3) is 0 Å². The Balaban J connectivity index is 1.85. The van der Waals surface area contributed by atoms with E-state index < -0.39 is 10.0 Å². The fourth-order valence-electron chi connectivity index (χ4n) is 2.57. The molecule has 6 heteroatoms. The fraction of sp³-hybridized carbons (Fsp3) is 0.600. The molecule has 0 saturated carbocycles. The lowest BCUT2D eigenvalue weighted by molar-refractivity contribution is 0.233. The second kappa shape index (κ2) is 7.89. The number of aliphatic hydroxyl groups excluding tert-OH is 1. The van der Waals surface area contributed by atoms with Gasteiger partial charge in [-0.25, -0.2) is 13.1 Å². The van der Waals surface area contributed by atoms with E-state index in [1.54, 1.807) is 24.3 Å². The predicted molar refractivity (Wildman–Crippen MR) is 82.7 cm³/mol. The molecule has 2 N–H and O–H groups in total. The van der Waals surface area contributed by atoms with Crippen LogP contribution in [0.3, 0.4) is 0 Å². The summed E-state index contributed by atoms with van der Waals surface area (Å²) in [5.41, 5.74) is 0.935. The maximum absolute atomic E-state index is 12.2. The number of piperidine rings is 1. The first-order valence-electron chi connectivity index (χ1n) is 7.53. The number of benzene rings is 1. The summed E-state index contributed by atoms with van der Waals surface area (Å²) in [6.07, 6.45) is 4.24. The Kier molecular flexibility index (Phi) is 6.17. The van der Waals surface area contributed by atoms with Crippen molar-refractivity contribution in [2.45, 2.75) is 30.6 Å². The average molecular weight is 312 g/mol. The molecule has 1 aromatic rings. The minimum absolute atomic E-state index is 0.0696. The Hall–Kier alpha value is -0.950. The molecular weight excluding hydrogens is 288 g/mol. The second-order valence-corrected chi connectivity index (χ2v) is 7.18. The van der Waals surface area contributed by atoms with Crippen molar-refractivity contribution in [1.29, 1.82) is 0 Å².